The molecule has 2 N–H and O–H groups in total. The molecule has 0 aliphatic heterocycles. The number of nitrogens with zero attached hydrogens (tertiary/aromatic N) is 2. The highest BCUT2D eigenvalue weighted by Gasteiger charge is 2.50. The Hall–Kier alpha value is -1.85. The van der Waals surface area contributed by atoms with E-state index >= 15 is 0 Å². The predicted octanol–water partition coefficient (Wildman–Crippen LogP) is 2.30. The number of aryl methyl sites for hydroxylation is 1. The van der Waals surface area contributed by atoms with Gasteiger partial charge in [-0.05, 0) is 67.8 Å². The highest BCUT2D eigenvalue weighted by atomic mass is 16.4. The summed E-state index contributed by atoms with van der Waals surface area (Å²) in [7, 11) is 0. The van der Waals surface area contributed by atoms with Crippen molar-refractivity contribution in [1.29, 1.82) is 0 Å². The minimum atomic E-state index is -1.04. The summed E-state index contributed by atoms with van der Waals surface area (Å²) in [5, 5.41) is 15.9. The zero-order chi connectivity index (χ0) is 16.7. The van der Waals surface area contributed by atoms with Gasteiger partial charge in [-0.25, -0.2) is 4.79 Å². The average molecular weight is 331 g/mol. The van der Waals surface area contributed by atoms with E-state index < -0.39 is 5.97 Å². The first kappa shape index (κ1) is 15.7. The number of carboxylic acids is 1. The third kappa shape index (κ3) is 3.06. The predicted molar refractivity (Wildman–Crippen MR) is 87.4 cm³/mol. The molecule has 130 valence electrons. The van der Waals surface area contributed by atoms with Gasteiger partial charge >= 0.3 is 5.97 Å². The van der Waals surface area contributed by atoms with Crippen molar-refractivity contribution >= 4 is 11.9 Å². The molecule has 4 bridgehead atoms. The lowest BCUT2D eigenvalue weighted by Gasteiger charge is -2.56. The number of carbonyl (C=O) groups is 2. The van der Waals surface area contributed by atoms with Gasteiger partial charge in [0.15, 0.2) is 5.69 Å². The molecule has 24 heavy (non-hydrogen) atoms. The Kier molecular flexibility index (Phi) is 3.85. The Morgan fingerprint density at radius 1 is 1.21 bits per heavy atom. The first-order valence-electron chi connectivity index (χ1n) is 9.05. The highest BCUT2D eigenvalue weighted by molar-refractivity contribution is 5.85. The van der Waals surface area contributed by atoms with Crippen LogP contribution in [0, 0.1) is 23.2 Å². The van der Waals surface area contributed by atoms with Crippen molar-refractivity contribution in [2.45, 2.75) is 51.5 Å². The third-order valence-corrected chi connectivity index (χ3v) is 6.25. The van der Waals surface area contributed by atoms with Crippen LogP contribution in [-0.4, -0.2) is 33.3 Å². The smallest absolute Gasteiger partial charge is 0.356 e. The largest absolute Gasteiger partial charge is 0.476 e. The molecule has 4 fully saturated rings. The molecule has 0 radical (unpaired) electrons. The third-order valence-electron chi connectivity index (χ3n) is 6.25. The van der Waals surface area contributed by atoms with Gasteiger partial charge in [-0.1, -0.05) is 0 Å². The maximum Gasteiger partial charge on any atom is 0.356 e. The summed E-state index contributed by atoms with van der Waals surface area (Å²) >= 11 is 0. The number of aromatic nitrogens is 2. The van der Waals surface area contributed by atoms with Gasteiger partial charge in [0.2, 0.25) is 5.91 Å². The summed E-state index contributed by atoms with van der Waals surface area (Å²) in [4.78, 5) is 23.0. The number of hydrogen-bond donors (Lipinski definition) is 2. The number of amides is 1. The van der Waals surface area contributed by atoms with E-state index in [0.29, 0.717) is 18.4 Å². The first-order valence-corrected chi connectivity index (χ1v) is 9.05. The van der Waals surface area contributed by atoms with Crippen molar-refractivity contribution in [2.75, 3.05) is 6.54 Å². The van der Waals surface area contributed by atoms with E-state index in [-0.39, 0.29) is 11.6 Å². The number of nitrogens with one attached hydrogen (secondary N) is 1. The van der Waals surface area contributed by atoms with E-state index in [9.17, 15) is 9.59 Å². The van der Waals surface area contributed by atoms with Gasteiger partial charge in [0.1, 0.15) is 0 Å². The summed E-state index contributed by atoms with van der Waals surface area (Å²) < 4.78 is 1.52. The van der Waals surface area contributed by atoms with Crippen molar-refractivity contribution in [3.8, 4) is 0 Å². The number of aromatic carboxylic acids is 1. The molecule has 1 heterocycles. The fraction of sp³-hybridized carbons (Fsp3) is 0.722. The van der Waals surface area contributed by atoms with E-state index in [4.69, 9.17) is 5.11 Å². The normalized spacial score (nSPS) is 33.6. The second-order valence-electron chi connectivity index (χ2n) is 8.21. The molecular formula is C18H25N3O3. The Morgan fingerprint density at radius 2 is 1.83 bits per heavy atom. The van der Waals surface area contributed by atoms with Crippen LogP contribution in [0.15, 0.2) is 12.3 Å². The van der Waals surface area contributed by atoms with Gasteiger partial charge in [0.05, 0.1) is 0 Å². The van der Waals surface area contributed by atoms with E-state index in [1.165, 1.54) is 49.3 Å². The molecule has 0 aromatic carbocycles. The Morgan fingerprint density at radius 3 is 2.38 bits per heavy atom. The fourth-order valence-corrected chi connectivity index (χ4v) is 5.70. The molecule has 4 aliphatic rings. The summed E-state index contributed by atoms with van der Waals surface area (Å²) in [5.41, 5.74) is 0.371. The SMILES string of the molecule is O=C(CCn1ccc(C(=O)O)n1)NCC12CC3CC(CC(C3)C1)C2. The zero-order valence-electron chi connectivity index (χ0n) is 13.9. The van der Waals surface area contributed by atoms with Gasteiger partial charge < -0.3 is 10.4 Å². The van der Waals surface area contributed by atoms with E-state index in [1.54, 1.807) is 6.20 Å². The van der Waals surface area contributed by atoms with Crippen LogP contribution in [0.1, 0.15) is 55.4 Å². The second-order valence-corrected chi connectivity index (χ2v) is 8.21. The van der Waals surface area contributed by atoms with Crippen molar-refractivity contribution in [1.82, 2.24) is 15.1 Å². The monoisotopic (exact) mass is 331 g/mol. The standard InChI is InChI=1S/C18H25N3O3/c22-16(2-4-21-3-1-15(20-21)17(23)24)19-11-18-8-12-5-13(9-18)7-14(6-12)10-18/h1,3,12-14H,2,4-11H2,(H,19,22)(H,23,24). The topological polar surface area (TPSA) is 84.2 Å². The number of carboxylic acid groups (broad SMARTS) is 1. The average Bonchev–Trinajstić information content (AvgIpc) is 2.99. The summed E-state index contributed by atoms with van der Waals surface area (Å²) in [6, 6.07) is 1.45. The maximum absolute atomic E-state index is 12.2. The number of carbonyl (C=O) groups excluding carboxylic acids is 1. The van der Waals surface area contributed by atoms with Crippen LogP contribution in [-0.2, 0) is 11.3 Å². The van der Waals surface area contributed by atoms with Crippen LogP contribution in [0.3, 0.4) is 0 Å². The molecule has 0 spiro atoms. The first-order chi connectivity index (χ1) is 11.5. The summed E-state index contributed by atoms with van der Waals surface area (Å²) in [6.45, 7) is 1.23. The molecule has 0 saturated heterocycles. The lowest BCUT2D eigenvalue weighted by molar-refractivity contribution is -0.123. The molecule has 5 rings (SSSR count). The molecule has 0 atom stereocenters. The molecule has 4 saturated carbocycles. The van der Waals surface area contributed by atoms with Crippen LogP contribution < -0.4 is 5.32 Å². The number of rotatable bonds is 6. The van der Waals surface area contributed by atoms with E-state index in [2.05, 4.69) is 10.4 Å². The summed E-state index contributed by atoms with van der Waals surface area (Å²) in [5.74, 6) is 1.68. The Balaban J connectivity index is 1.27. The molecule has 6 nitrogen and oxygen atoms in total. The molecule has 1 amide bonds. The quantitative estimate of drug-likeness (QED) is 0.838. The van der Waals surface area contributed by atoms with Crippen LogP contribution in [0.2, 0.25) is 0 Å². The van der Waals surface area contributed by atoms with Crippen molar-refractivity contribution in [2.24, 2.45) is 23.2 Å². The Labute approximate surface area is 141 Å². The van der Waals surface area contributed by atoms with Crippen LogP contribution >= 0.6 is 0 Å². The van der Waals surface area contributed by atoms with Crippen LogP contribution in [0.25, 0.3) is 0 Å². The Bertz CT molecular complexity index is 616. The van der Waals surface area contributed by atoms with Gasteiger partial charge in [-0.15, -0.1) is 0 Å². The van der Waals surface area contributed by atoms with Crippen LogP contribution in [0.5, 0.6) is 0 Å². The van der Waals surface area contributed by atoms with Crippen molar-refractivity contribution in [3.63, 3.8) is 0 Å². The van der Waals surface area contributed by atoms with Crippen molar-refractivity contribution in [3.05, 3.63) is 18.0 Å². The van der Waals surface area contributed by atoms with Gasteiger partial charge in [-0.2, -0.15) is 5.10 Å². The highest BCUT2D eigenvalue weighted by Crippen LogP contribution is 2.59. The molecule has 1 aromatic rings. The molecule has 1 aromatic heterocycles. The second kappa shape index (κ2) is 5.90. The minimum Gasteiger partial charge on any atom is -0.476 e. The lowest BCUT2D eigenvalue weighted by Crippen LogP contribution is -2.51. The molecule has 4 aliphatic carbocycles. The van der Waals surface area contributed by atoms with Gasteiger partial charge in [0, 0.05) is 25.7 Å². The van der Waals surface area contributed by atoms with E-state index in [1.807, 2.05) is 0 Å². The molecule has 0 unspecified atom stereocenters. The summed E-state index contributed by atoms with van der Waals surface area (Å²) in [6.07, 6.45) is 10.1. The van der Waals surface area contributed by atoms with Crippen molar-refractivity contribution < 1.29 is 14.7 Å². The van der Waals surface area contributed by atoms with Gasteiger partial charge in [0.25, 0.3) is 0 Å². The lowest BCUT2D eigenvalue weighted by atomic mass is 9.49. The number of hydrogen-bond acceptors (Lipinski definition) is 3. The van der Waals surface area contributed by atoms with Crippen LogP contribution in [0.4, 0.5) is 0 Å². The fourth-order valence-electron chi connectivity index (χ4n) is 5.70. The maximum atomic E-state index is 12.2. The molecular weight excluding hydrogens is 306 g/mol. The molecule has 6 heteroatoms. The zero-order valence-corrected chi connectivity index (χ0v) is 13.9. The van der Waals surface area contributed by atoms with Gasteiger partial charge in [-0.3, -0.25) is 9.48 Å². The van der Waals surface area contributed by atoms with E-state index in [0.717, 1.165) is 24.3 Å². The minimum absolute atomic E-state index is 0.0176.